The number of nitrogens with zero attached hydrogens (tertiary/aromatic N) is 1. The van der Waals surface area contributed by atoms with Crippen LogP contribution in [0.2, 0.25) is 0 Å². The monoisotopic (exact) mass is 660 g/mol. The molecule has 166 valence electrons. The molecule has 1 saturated heterocycles. The second kappa shape index (κ2) is 10.4. The van der Waals surface area contributed by atoms with E-state index in [2.05, 4.69) is 5.32 Å². The van der Waals surface area contributed by atoms with Gasteiger partial charge in [-0.2, -0.15) is 0 Å². The van der Waals surface area contributed by atoms with E-state index in [-0.39, 0.29) is 18.8 Å². The molecule has 1 N–H and O–H groups in total. The van der Waals surface area contributed by atoms with Gasteiger partial charge in [-0.05, 0) is 94.9 Å². The van der Waals surface area contributed by atoms with Gasteiger partial charge in [-0.15, -0.1) is 0 Å². The fraction of sp³-hybridized carbons (Fsp3) is 0.182. The molecule has 3 rings (SSSR count). The number of halogens is 2. The molecule has 0 spiro atoms. The fourth-order valence-corrected chi connectivity index (χ4v) is 5.01. The van der Waals surface area contributed by atoms with Crippen LogP contribution in [0.4, 0.5) is 10.5 Å². The molecule has 4 amide bonds. The topological polar surface area (TPSA) is 102 Å². The molecule has 2 aromatic carbocycles. The second-order valence-electron chi connectivity index (χ2n) is 6.70. The Hall–Kier alpha value is -2.48. The van der Waals surface area contributed by atoms with E-state index in [4.69, 9.17) is 9.47 Å². The highest BCUT2D eigenvalue weighted by Gasteiger charge is 2.36. The largest absolute Gasteiger partial charge is 0.480 e. The molecule has 0 saturated carbocycles. The summed E-state index contributed by atoms with van der Waals surface area (Å²) in [7, 11) is 0. The van der Waals surface area contributed by atoms with E-state index in [9.17, 15) is 19.2 Å². The van der Waals surface area contributed by atoms with Crippen molar-refractivity contribution < 1.29 is 28.7 Å². The molecular weight excluding hydrogens is 642 g/mol. The SMILES string of the molecule is CCOC(=O)COc1c(I)cc(/C=C2\C(=O)NC(=O)N(c3ccc(C)cc3)C2=O)cc1I. The number of amides is 4. The number of anilines is 1. The summed E-state index contributed by atoms with van der Waals surface area (Å²) >= 11 is 4.09. The van der Waals surface area contributed by atoms with Crippen molar-refractivity contribution in [3.63, 3.8) is 0 Å². The lowest BCUT2D eigenvalue weighted by Gasteiger charge is -2.26. The van der Waals surface area contributed by atoms with Gasteiger partial charge in [0.05, 0.1) is 19.4 Å². The van der Waals surface area contributed by atoms with Crippen molar-refractivity contribution in [1.29, 1.82) is 0 Å². The highest BCUT2D eigenvalue weighted by atomic mass is 127. The summed E-state index contributed by atoms with van der Waals surface area (Å²) in [4.78, 5) is 50.2. The Labute approximate surface area is 211 Å². The summed E-state index contributed by atoms with van der Waals surface area (Å²) in [6, 6.07) is 9.45. The first kappa shape index (κ1) is 24.2. The lowest BCUT2D eigenvalue weighted by Crippen LogP contribution is -2.54. The van der Waals surface area contributed by atoms with Gasteiger partial charge in [0.15, 0.2) is 6.61 Å². The minimum absolute atomic E-state index is 0.169. The standard InChI is InChI=1S/C22H18I2N2O6/c1-3-31-18(27)11-32-19-16(23)9-13(10-17(19)24)8-15-20(28)25-22(30)26(21(15)29)14-6-4-12(2)5-7-14/h4-10H,3,11H2,1-2H3,(H,25,28,30)/b15-8+. The highest BCUT2D eigenvalue weighted by Crippen LogP contribution is 2.30. The highest BCUT2D eigenvalue weighted by molar-refractivity contribution is 14.1. The molecule has 1 fully saturated rings. The van der Waals surface area contributed by atoms with Crippen molar-refractivity contribution in [2.75, 3.05) is 18.1 Å². The number of carbonyl (C=O) groups is 4. The first-order valence-corrected chi connectivity index (χ1v) is 11.6. The number of esters is 1. The lowest BCUT2D eigenvalue weighted by molar-refractivity contribution is -0.145. The smallest absolute Gasteiger partial charge is 0.344 e. The molecule has 0 radical (unpaired) electrons. The molecule has 0 bridgehead atoms. The van der Waals surface area contributed by atoms with Crippen LogP contribution in [0.5, 0.6) is 5.75 Å². The molecule has 32 heavy (non-hydrogen) atoms. The van der Waals surface area contributed by atoms with Crippen molar-refractivity contribution in [2.45, 2.75) is 13.8 Å². The Morgan fingerprint density at radius 1 is 1.09 bits per heavy atom. The van der Waals surface area contributed by atoms with Crippen LogP contribution in [0.3, 0.4) is 0 Å². The number of urea groups is 1. The summed E-state index contributed by atoms with van der Waals surface area (Å²) in [6.45, 7) is 3.64. The third-order valence-corrected chi connectivity index (χ3v) is 5.97. The first-order chi connectivity index (χ1) is 15.2. The number of rotatable bonds is 6. The van der Waals surface area contributed by atoms with Crippen molar-refractivity contribution in [1.82, 2.24) is 5.32 Å². The molecule has 8 nitrogen and oxygen atoms in total. The zero-order valence-corrected chi connectivity index (χ0v) is 21.4. The zero-order valence-electron chi connectivity index (χ0n) is 17.1. The summed E-state index contributed by atoms with van der Waals surface area (Å²) in [5, 5.41) is 2.21. The van der Waals surface area contributed by atoms with Gasteiger partial charge in [-0.25, -0.2) is 14.5 Å². The number of hydrogen-bond donors (Lipinski definition) is 1. The van der Waals surface area contributed by atoms with Crippen LogP contribution >= 0.6 is 45.2 Å². The van der Waals surface area contributed by atoms with Crippen LogP contribution in [-0.2, 0) is 19.1 Å². The van der Waals surface area contributed by atoms with E-state index in [1.165, 1.54) is 6.08 Å². The normalized spacial score (nSPS) is 15.1. The Kier molecular flexibility index (Phi) is 7.87. The predicted octanol–water partition coefficient (Wildman–Crippen LogP) is 3.81. The van der Waals surface area contributed by atoms with E-state index in [1.807, 2.05) is 52.1 Å². The van der Waals surface area contributed by atoms with Crippen LogP contribution < -0.4 is 15.0 Å². The number of ether oxygens (including phenoxy) is 2. The fourth-order valence-electron chi connectivity index (χ4n) is 2.89. The molecule has 10 heteroatoms. The molecule has 0 aromatic heterocycles. The number of benzene rings is 2. The number of hydrogen-bond acceptors (Lipinski definition) is 6. The quantitative estimate of drug-likeness (QED) is 0.219. The maximum atomic E-state index is 13.0. The van der Waals surface area contributed by atoms with Crippen molar-refractivity contribution in [3.8, 4) is 5.75 Å². The van der Waals surface area contributed by atoms with Gasteiger partial charge >= 0.3 is 12.0 Å². The Balaban J connectivity index is 1.89. The molecule has 1 aliphatic rings. The third-order valence-electron chi connectivity index (χ3n) is 4.37. The molecule has 1 heterocycles. The summed E-state index contributed by atoms with van der Waals surface area (Å²) in [6.07, 6.45) is 1.42. The number of imide groups is 2. The van der Waals surface area contributed by atoms with E-state index in [0.717, 1.165) is 10.5 Å². The van der Waals surface area contributed by atoms with Crippen LogP contribution in [0, 0.1) is 14.1 Å². The van der Waals surface area contributed by atoms with Gasteiger partial charge < -0.3 is 9.47 Å². The maximum Gasteiger partial charge on any atom is 0.344 e. The Morgan fingerprint density at radius 2 is 1.72 bits per heavy atom. The van der Waals surface area contributed by atoms with Crippen molar-refractivity contribution >= 4 is 80.8 Å². The van der Waals surface area contributed by atoms with Crippen LogP contribution in [0.15, 0.2) is 42.0 Å². The number of nitrogens with one attached hydrogen (secondary N) is 1. The third kappa shape index (κ3) is 5.46. The van der Waals surface area contributed by atoms with Crippen LogP contribution in [0.1, 0.15) is 18.1 Å². The van der Waals surface area contributed by atoms with E-state index in [0.29, 0.717) is 24.1 Å². The molecule has 0 atom stereocenters. The van der Waals surface area contributed by atoms with Crippen LogP contribution in [-0.4, -0.2) is 37.0 Å². The molecule has 0 aliphatic carbocycles. The van der Waals surface area contributed by atoms with Gasteiger partial charge in [0.1, 0.15) is 11.3 Å². The van der Waals surface area contributed by atoms with Gasteiger partial charge in [0.2, 0.25) is 0 Å². The van der Waals surface area contributed by atoms with Gasteiger partial charge in [-0.1, -0.05) is 17.7 Å². The molecule has 2 aromatic rings. The Bertz CT molecular complexity index is 1100. The minimum atomic E-state index is -0.798. The summed E-state index contributed by atoms with van der Waals surface area (Å²) < 4.78 is 11.8. The lowest BCUT2D eigenvalue weighted by atomic mass is 10.1. The zero-order chi connectivity index (χ0) is 23.4. The molecule has 0 unspecified atom stereocenters. The molecular formula is C22H18I2N2O6. The Morgan fingerprint density at radius 3 is 2.31 bits per heavy atom. The first-order valence-electron chi connectivity index (χ1n) is 9.46. The maximum absolute atomic E-state index is 13.0. The molecule has 1 aliphatic heterocycles. The second-order valence-corrected chi connectivity index (χ2v) is 9.03. The van der Waals surface area contributed by atoms with Crippen molar-refractivity contribution in [3.05, 3.63) is 60.2 Å². The summed E-state index contributed by atoms with van der Waals surface area (Å²) in [5.74, 6) is -1.46. The van der Waals surface area contributed by atoms with E-state index >= 15 is 0 Å². The van der Waals surface area contributed by atoms with E-state index < -0.39 is 23.8 Å². The predicted molar refractivity (Wildman–Crippen MR) is 134 cm³/mol. The average molecular weight is 660 g/mol. The minimum Gasteiger partial charge on any atom is -0.480 e. The summed E-state index contributed by atoms with van der Waals surface area (Å²) in [5.41, 5.74) is 1.74. The van der Waals surface area contributed by atoms with Crippen LogP contribution in [0.25, 0.3) is 6.08 Å². The van der Waals surface area contributed by atoms with Gasteiger partial charge in [0.25, 0.3) is 11.8 Å². The number of barbiturate groups is 1. The number of aryl methyl sites for hydroxylation is 1. The van der Waals surface area contributed by atoms with Crippen molar-refractivity contribution in [2.24, 2.45) is 0 Å². The average Bonchev–Trinajstić information content (AvgIpc) is 2.72. The van der Waals surface area contributed by atoms with Gasteiger partial charge in [0, 0.05) is 0 Å². The number of carbonyl (C=O) groups excluding carboxylic acids is 4. The van der Waals surface area contributed by atoms with Gasteiger partial charge in [-0.3, -0.25) is 14.9 Å². The van der Waals surface area contributed by atoms with E-state index in [1.54, 1.807) is 43.3 Å².